The van der Waals surface area contributed by atoms with Crippen LogP contribution in [-0.4, -0.2) is 47.2 Å². The van der Waals surface area contributed by atoms with Crippen molar-refractivity contribution >= 4 is 22.0 Å². The maximum atomic E-state index is 11.2. The standard InChI is InChI=1S/C14H23N3O3S/c1-4-15(5-2)11-6-7-16(9-11)14-12(17(19)20)8-13(21-14)10(3)18/h8,10-11,18H,4-7,9H2,1-3H3/t10-,11?/m0/s1. The highest BCUT2D eigenvalue weighted by Crippen LogP contribution is 2.41. The van der Waals surface area contributed by atoms with Gasteiger partial charge in [-0.1, -0.05) is 13.8 Å². The minimum atomic E-state index is -0.663. The second-order valence-electron chi connectivity index (χ2n) is 5.38. The molecule has 0 amide bonds. The van der Waals surface area contributed by atoms with Crippen LogP contribution in [0.2, 0.25) is 0 Å². The molecule has 21 heavy (non-hydrogen) atoms. The Kier molecular flexibility index (Phi) is 5.18. The molecule has 0 aliphatic carbocycles. The number of nitro groups is 1. The van der Waals surface area contributed by atoms with Crippen LogP contribution in [0, 0.1) is 10.1 Å². The molecule has 2 rings (SSSR count). The first-order valence-electron chi connectivity index (χ1n) is 7.43. The summed E-state index contributed by atoms with van der Waals surface area (Å²) in [6, 6.07) is 1.96. The van der Waals surface area contributed by atoms with Gasteiger partial charge in [-0.05, 0) is 26.4 Å². The summed E-state index contributed by atoms with van der Waals surface area (Å²) in [6.45, 7) is 9.59. The van der Waals surface area contributed by atoms with E-state index in [2.05, 4.69) is 23.6 Å². The van der Waals surface area contributed by atoms with Gasteiger partial charge in [-0.3, -0.25) is 15.0 Å². The van der Waals surface area contributed by atoms with Crippen LogP contribution in [0.1, 0.15) is 38.2 Å². The van der Waals surface area contributed by atoms with E-state index in [9.17, 15) is 15.2 Å². The third-order valence-electron chi connectivity index (χ3n) is 4.10. The van der Waals surface area contributed by atoms with Crippen molar-refractivity contribution in [1.82, 2.24) is 4.90 Å². The highest BCUT2D eigenvalue weighted by atomic mass is 32.1. The minimum absolute atomic E-state index is 0.121. The Bertz CT molecular complexity index is 500. The lowest BCUT2D eigenvalue weighted by Crippen LogP contribution is -2.37. The number of rotatable bonds is 6. The van der Waals surface area contributed by atoms with E-state index in [0.29, 0.717) is 15.9 Å². The zero-order valence-corrected chi connectivity index (χ0v) is 13.6. The van der Waals surface area contributed by atoms with Gasteiger partial charge in [-0.25, -0.2) is 0 Å². The smallest absolute Gasteiger partial charge is 0.304 e. The molecule has 2 heterocycles. The average molecular weight is 313 g/mol. The van der Waals surface area contributed by atoms with E-state index in [4.69, 9.17) is 0 Å². The number of hydrogen-bond donors (Lipinski definition) is 1. The second kappa shape index (κ2) is 6.72. The molecule has 6 nitrogen and oxygen atoms in total. The molecule has 2 atom stereocenters. The molecule has 1 aliphatic heterocycles. The molecule has 1 aliphatic rings. The third kappa shape index (κ3) is 3.36. The summed E-state index contributed by atoms with van der Waals surface area (Å²) in [5, 5.41) is 21.6. The molecule has 1 aromatic heterocycles. The summed E-state index contributed by atoms with van der Waals surface area (Å²) in [5.41, 5.74) is 0.121. The molecule has 118 valence electrons. The van der Waals surface area contributed by atoms with Crippen LogP contribution in [0.15, 0.2) is 6.07 Å². The molecular weight excluding hydrogens is 290 g/mol. The number of aliphatic hydroxyl groups excluding tert-OH is 1. The topological polar surface area (TPSA) is 69.8 Å². The normalized spacial score (nSPS) is 20.2. The van der Waals surface area contributed by atoms with E-state index >= 15 is 0 Å². The van der Waals surface area contributed by atoms with Gasteiger partial charge in [0.25, 0.3) is 0 Å². The van der Waals surface area contributed by atoms with Crippen molar-refractivity contribution in [3.63, 3.8) is 0 Å². The predicted octanol–water partition coefficient (Wildman–Crippen LogP) is 2.63. The monoisotopic (exact) mass is 313 g/mol. The van der Waals surface area contributed by atoms with Gasteiger partial charge >= 0.3 is 5.69 Å². The van der Waals surface area contributed by atoms with E-state index < -0.39 is 6.10 Å². The molecule has 7 heteroatoms. The van der Waals surface area contributed by atoms with Gasteiger partial charge in [0.05, 0.1) is 11.0 Å². The number of aliphatic hydroxyl groups is 1. The molecular formula is C14H23N3O3S. The molecule has 0 saturated carbocycles. The first-order valence-corrected chi connectivity index (χ1v) is 8.24. The van der Waals surface area contributed by atoms with Crippen LogP contribution in [0.25, 0.3) is 0 Å². The number of anilines is 1. The zero-order chi connectivity index (χ0) is 15.6. The van der Waals surface area contributed by atoms with Crippen LogP contribution in [0.5, 0.6) is 0 Å². The van der Waals surface area contributed by atoms with Crippen molar-refractivity contribution < 1.29 is 10.0 Å². The van der Waals surface area contributed by atoms with Crippen molar-refractivity contribution in [2.24, 2.45) is 0 Å². The Hall–Kier alpha value is -1.18. The molecule has 1 N–H and O–H groups in total. The summed E-state index contributed by atoms with van der Waals surface area (Å²) in [7, 11) is 0. The van der Waals surface area contributed by atoms with Crippen molar-refractivity contribution in [2.45, 2.75) is 39.3 Å². The summed E-state index contributed by atoms with van der Waals surface area (Å²) in [5.74, 6) is 0. The van der Waals surface area contributed by atoms with Crippen molar-refractivity contribution in [2.75, 3.05) is 31.1 Å². The average Bonchev–Trinajstić information content (AvgIpc) is 3.06. The SMILES string of the molecule is CCN(CC)C1CCN(c2sc([C@H](C)O)cc2[N+](=O)[O-])C1. The summed E-state index contributed by atoms with van der Waals surface area (Å²) in [4.78, 5) is 16.0. The van der Waals surface area contributed by atoms with Gasteiger partial charge < -0.3 is 10.0 Å². The molecule has 0 radical (unpaired) electrons. The van der Waals surface area contributed by atoms with E-state index in [1.165, 1.54) is 17.4 Å². The van der Waals surface area contributed by atoms with Gasteiger partial charge in [0.1, 0.15) is 0 Å². The molecule has 1 fully saturated rings. The second-order valence-corrected chi connectivity index (χ2v) is 6.44. The van der Waals surface area contributed by atoms with Crippen molar-refractivity contribution in [3.8, 4) is 0 Å². The fourth-order valence-electron chi connectivity index (χ4n) is 2.92. The first-order chi connectivity index (χ1) is 9.97. The van der Waals surface area contributed by atoms with Crippen LogP contribution in [0.4, 0.5) is 10.7 Å². The quantitative estimate of drug-likeness (QED) is 0.646. The lowest BCUT2D eigenvalue weighted by Gasteiger charge is -2.26. The van der Waals surface area contributed by atoms with Crippen LogP contribution >= 0.6 is 11.3 Å². The summed E-state index contributed by atoms with van der Waals surface area (Å²) >= 11 is 1.34. The van der Waals surface area contributed by atoms with Gasteiger partial charge in [0.2, 0.25) is 0 Å². The number of likely N-dealkylation sites (N-methyl/N-ethyl adjacent to an activating group) is 1. The highest BCUT2D eigenvalue weighted by Gasteiger charge is 2.32. The number of thiophene rings is 1. The molecule has 0 spiro atoms. The Morgan fingerprint density at radius 3 is 2.76 bits per heavy atom. The van der Waals surface area contributed by atoms with E-state index in [0.717, 1.165) is 32.6 Å². The fourth-order valence-corrected chi connectivity index (χ4v) is 4.01. The number of nitrogens with zero attached hydrogens (tertiary/aromatic N) is 3. The molecule has 1 unspecified atom stereocenters. The van der Waals surface area contributed by atoms with E-state index in [1.54, 1.807) is 6.92 Å². The first kappa shape index (κ1) is 16.2. The van der Waals surface area contributed by atoms with Gasteiger partial charge in [0.15, 0.2) is 5.00 Å². The van der Waals surface area contributed by atoms with E-state index in [1.807, 2.05) is 0 Å². The third-order valence-corrected chi connectivity index (χ3v) is 5.46. The largest absolute Gasteiger partial charge is 0.388 e. The highest BCUT2D eigenvalue weighted by molar-refractivity contribution is 7.16. The fraction of sp³-hybridized carbons (Fsp3) is 0.714. The summed E-state index contributed by atoms with van der Waals surface area (Å²) < 4.78 is 0. The Morgan fingerprint density at radius 2 is 2.24 bits per heavy atom. The van der Waals surface area contributed by atoms with Crippen LogP contribution in [-0.2, 0) is 0 Å². The Balaban J connectivity index is 2.21. The predicted molar refractivity (Wildman–Crippen MR) is 85.1 cm³/mol. The maximum absolute atomic E-state index is 11.2. The minimum Gasteiger partial charge on any atom is -0.388 e. The lowest BCUT2D eigenvalue weighted by molar-refractivity contribution is -0.383. The molecule has 0 bridgehead atoms. The molecule has 1 saturated heterocycles. The maximum Gasteiger partial charge on any atom is 0.304 e. The Morgan fingerprint density at radius 1 is 1.57 bits per heavy atom. The summed E-state index contributed by atoms with van der Waals surface area (Å²) in [6.07, 6.45) is 0.365. The van der Waals surface area contributed by atoms with Crippen molar-refractivity contribution in [1.29, 1.82) is 0 Å². The van der Waals surface area contributed by atoms with Crippen molar-refractivity contribution in [3.05, 3.63) is 21.1 Å². The lowest BCUT2D eigenvalue weighted by atomic mass is 10.2. The zero-order valence-electron chi connectivity index (χ0n) is 12.8. The Labute approximate surface area is 129 Å². The molecule has 0 aromatic carbocycles. The van der Waals surface area contributed by atoms with Crippen LogP contribution < -0.4 is 4.90 Å². The van der Waals surface area contributed by atoms with E-state index in [-0.39, 0.29) is 10.6 Å². The van der Waals surface area contributed by atoms with Gasteiger partial charge in [-0.15, -0.1) is 11.3 Å². The molecule has 1 aromatic rings. The van der Waals surface area contributed by atoms with Gasteiger partial charge in [-0.2, -0.15) is 0 Å². The number of hydrogen-bond acceptors (Lipinski definition) is 6. The van der Waals surface area contributed by atoms with Crippen LogP contribution in [0.3, 0.4) is 0 Å². The van der Waals surface area contributed by atoms with Gasteiger partial charge in [0, 0.05) is 30.1 Å².